The second-order valence-corrected chi connectivity index (χ2v) is 6.25. The van der Waals surface area contributed by atoms with Crippen molar-refractivity contribution in [1.82, 2.24) is 9.78 Å². The molecule has 2 aromatic rings. The molecule has 2 aromatic heterocycles. The fourth-order valence-corrected chi connectivity index (χ4v) is 3.39. The van der Waals surface area contributed by atoms with Gasteiger partial charge in [0.15, 0.2) is 0 Å². The van der Waals surface area contributed by atoms with Crippen LogP contribution in [0.5, 0.6) is 0 Å². The van der Waals surface area contributed by atoms with Crippen LogP contribution in [0, 0.1) is 11.3 Å². The van der Waals surface area contributed by atoms with Gasteiger partial charge in [0.05, 0.1) is 11.8 Å². The minimum Gasteiger partial charge on any atom is -0.480 e. The zero-order valence-electron chi connectivity index (χ0n) is 9.85. The first-order valence-corrected chi connectivity index (χ1v) is 7.53. The van der Waals surface area contributed by atoms with Crippen LogP contribution < -0.4 is 4.72 Å². The Morgan fingerprint density at radius 1 is 1.60 bits per heavy atom. The minimum atomic E-state index is -3.90. The standard InChI is InChI=1S/C10H8N4O4S2/c11-3-7-1-2-19-10(7)13-20(17,18)8-4-12-14(5-8)6-9(15)16/h1-2,4-5,13H,6H2,(H,15,16). The number of aliphatic carboxylic acids is 1. The van der Waals surface area contributed by atoms with E-state index >= 15 is 0 Å². The summed E-state index contributed by atoms with van der Waals surface area (Å²) in [6, 6.07) is 3.36. The summed E-state index contributed by atoms with van der Waals surface area (Å²) in [6.07, 6.45) is 2.15. The van der Waals surface area contributed by atoms with Crippen LogP contribution in [0.15, 0.2) is 28.7 Å². The molecule has 8 nitrogen and oxygen atoms in total. The summed E-state index contributed by atoms with van der Waals surface area (Å²) in [5, 5.41) is 22.9. The van der Waals surface area contributed by atoms with Crippen molar-refractivity contribution in [1.29, 1.82) is 5.26 Å². The van der Waals surface area contributed by atoms with Crippen LogP contribution in [0.25, 0.3) is 0 Å². The third kappa shape index (κ3) is 2.95. The number of carbonyl (C=O) groups is 1. The number of carboxylic acids is 1. The van der Waals surface area contributed by atoms with Crippen LogP contribution >= 0.6 is 11.3 Å². The Balaban J connectivity index is 2.25. The molecule has 0 bridgehead atoms. The third-order valence-electron chi connectivity index (χ3n) is 2.23. The number of hydrogen-bond acceptors (Lipinski definition) is 6. The molecule has 0 spiro atoms. The average Bonchev–Trinajstić information content (AvgIpc) is 2.97. The highest BCUT2D eigenvalue weighted by Crippen LogP contribution is 2.25. The van der Waals surface area contributed by atoms with E-state index in [0.717, 1.165) is 28.4 Å². The molecule has 2 N–H and O–H groups in total. The Hall–Kier alpha value is -2.38. The fourth-order valence-electron chi connectivity index (χ4n) is 1.37. The molecule has 20 heavy (non-hydrogen) atoms. The van der Waals surface area contributed by atoms with E-state index in [9.17, 15) is 13.2 Å². The highest BCUT2D eigenvalue weighted by atomic mass is 32.2. The van der Waals surface area contributed by atoms with Crippen LogP contribution in [0.4, 0.5) is 5.00 Å². The fraction of sp³-hybridized carbons (Fsp3) is 0.100. The predicted octanol–water partition coefficient (Wildman–Crippen LogP) is 0.702. The van der Waals surface area contributed by atoms with Gasteiger partial charge in [0.25, 0.3) is 10.0 Å². The molecular formula is C10H8N4O4S2. The quantitative estimate of drug-likeness (QED) is 0.837. The second kappa shape index (κ2) is 5.32. The van der Waals surface area contributed by atoms with Crippen molar-refractivity contribution < 1.29 is 18.3 Å². The molecule has 0 aliphatic rings. The minimum absolute atomic E-state index is 0.170. The summed E-state index contributed by atoms with van der Waals surface area (Å²) in [6.45, 7) is -0.433. The van der Waals surface area contributed by atoms with Crippen molar-refractivity contribution in [2.24, 2.45) is 0 Å². The predicted molar refractivity (Wildman–Crippen MR) is 69.7 cm³/mol. The monoisotopic (exact) mass is 312 g/mol. The van der Waals surface area contributed by atoms with Crippen LogP contribution in [0.3, 0.4) is 0 Å². The van der Waals surface area contributed by atoms with E-state index in [1.54, 1.807) is 5.38 Å². The molecular weight excluding hydrogens is 304 g/mol. The Labute approximate surface area is 117 Å². The molecule has 0 amide bonds. The highest BCUT2D eigenvalue weighted by molar-refractivity contribution is 7.93. The largest absolute Gasteiger partial charge is 0.480 e. The molecule has 104 valence electrons. The van der Waals surface area contributed by atoms with E-state index in [2.05, 4.69) is 9.82 Å². The maximum absolute atomic E-state index is 12.1. The zero-order valence-corrected chi connectivity index (χ0v) is 11.5. The van der Waals surface area contributed by atoms with E-state index < -0.39 is 22.5 Å². The van der Waals surface area contributed by atoms with Gasteiger partial charge in [-0.25, -0.2) is 8.42 Å². The van der Waals surface area contributed by atoms with Gasteiger partial charge in [0.1, 0.15) is 22.5 Å². The number of thiophene rings is 1. The van der Waals surface area contributed by atoms with Gasteiger partial charge in [0, 0.05) is 6.20 Å². The highest BCUT2D eigenvalue weighted by Gasteiger charge is 2.19. The molecule has 0 aliphatic carbocycles. The van der Waals surface area contributed by atoms with E-state index in [-0.39, 0.29) is 15.5 Å². The number of anilines is 1. The summed E-state index contributed by atoms with van der Waals surface area (Å²) < 4.78 is 27.4. The molecule has 2 rings (SSSR count). The van der Waals surface area contributed by atoms with Crippen molar-refractivity contribution in [3.8, 4) is 6.07 Å². The lowest BCUT2D eigenvalue weighted by atomic mass is 10.4. The number of sulfonamides is 1. The summed E-state index contributed by atoms with van der Waals surface area (Å²) >= 11 is 1.08. The van der Waals surface area contributed by atoms with E-state index in [1.807, 2.05) is 6.07 Å². The molecule has 0 unspecified atom stereocenters. The van der Waals surface area contributed by atoms with Crippen LogP contribution in [0.2, 0.25) is 0 Å². The lowest BCUT2D eigenvalue weighted by Crippen LogP contribution is -2.12. The number of nitrogens with one attached hydrogen (secondary N) is 1. The van der Waals surface area contributed by atoms with Crippen molar-refractivity contribution in [3.63, 3.8) is 0 Å². The maximum Gasteiger partial charge on any atom is 0.325 e. The smallest absolute Gasteiger partial charge is 0.325 e. The molecule has 0 aromatic carbocycles. The van der Waals surface area contributed by atoms with E-state index in [1.165, 1.54) is 6.07 Å². The van der Waals surface area contributed by atoms with Crippen molar-refractivity contribution in [2.75, 3.05) is 4.72 Å². The first-order chi connectivity index (χ1) is 9.42. The van der Waals surface area contributed by atoms with Gasteiger partial charge in [-0.1, -0.05) is 0 Å². The van der Waals surface area contributed by atoms with E-state index in [0.29, 0.717) is 0 Å². The average molecular weight is 312 g/mol. The maximum atomic E-state index is 12.1. The van der Waals surface area contributed by atoms with Crippen molar-refractivity contribution in [3.05, 3.63) is 29.4 Å². The van der Waals surface area contributed by atoms with Gasteiger partial charge in [-0.05, 0) is 11.4 Å². The topological polar surface area (TPSA) is 125 Å². The van der Waals surface area contributed by atoms with Gasteiger partial charge < -0.3 is 5.11 Å². The van der Waals surface area contributed by atoms with Gasteiger partial charge in [-0.15, -0.1) is 11.3 Å². The molecule has 0 saturated carbocycles. The van der Waals surface area contributed by atoms with Gasteiger partial charge in [-0.3, -0.25) is 14.2 Å². The first kappa shape index (κ1) is 14.0. The Morgan fingerprint density at radius 2 is 2.35 bits per heavy atom. The molecule has 0 atom stereocenters. The van der Waals surface area contributed by atoms with Gasteiger partial charge in [-0.2, -0.15) is 10.4 Å². The summed E-state index contributed by atoms with van der Waals surface area (Å²) in [5.74, 6) is -1.13. The number of carboxylic acid groups (broad SMARTS) is 1. The van der Waals surface area contributed by atoms with Crippen molar-refractivity contribution >= 4 is 32.3 Å². The Bertz CT molecular complexity index is 784. The Morgan fingerprint density at radius 3 is 3.00 bits per heavy atom. The second-order valence-electron chi connectivity index (χ2n) is 3.65. The molecule has 0 fully saturated rings. The number of rotatable bonds is 5. The van der Waals surface area contributed by atoms with Crippen molar-refractivity contribution in [2.45, 2.75) is 11.4 Å². The normalized spacial score (nSPS) is 10.9. The summed E-state index contributed by atoms with van der Waals surface area (Å²) in [5.41, 5.74) is 0.219. The number of aromatic nitrogens is 2. The zero-order chi connectivity index (χ0) is 14.8. The lowest BCUT2D eigenvalue weighted by molar-refractivity contribution is -0.137. The third-order valence-corrected chi connectivity index (χ3v) is 4.49. The van der Waals surface area contributed by atoms with Crippen LogP contribution in [0.1, 0.15) is 5.56 Å². The summed E-state index contributed by atoms with van der Waals surface area (Å²) in [7, 11) is -3.90. The molecule has 10 heteroatoms. The molecule has 0 radical (unpaired) electrons. The van der Waals surface area contributed by atoms with Gasteiger partial charge in [0.2, 0.25) is 0 Å². The molecule has 0 saturated heterocycles. The SMILES string of the molecule is N#Cc1ccsc1NS(=O)(=O)c1cnn(CC(=O)O)c1. The number of nitrogens with zero attached hydrogens (tertiary/aromatic N) is 3. The molecule has 0 aliphatic heterocycles. The van der Waals surface area contributed by atoms with E-state index in [4.69, 9.17) is 10.4 Å². The number of hydrogen-bond donors (Lipinski definition) is 2. The molecule has 2 heterocycles. The van der Waals surface area contributed by atoms with Crippen LogP contribution in [-0.4, -0.2) is 29.3 Å². The van der Waals surface area contributed by atoms with Crippen LogP contribution in [-0.2, 0) is 21.4 Å². The lowest BCUT2D eigenvalue weighted by Gasteiger charge is -2.03. The summed E-state index contributed by atoms with van der Waals surface area (Å²) in [4.78, 5) is 10.3. The first-order valence-electron chi connectivity index (χ1n) is 5.17. The number of nitriles is 1. The van der Waals surface area contributed by atoms with Gasteiger partial charge >= 0.3 is 5.97 Å². The Kier molecular flexibility index (Phi) is 3.73.